The smallest absolute Gasteiger partial charge is 0.257 e. The Kier molecular flexibility index (Phi) is 7.89. The molecular formula is C21H29N3O5. The van der Waals surface area contributed by atoms with Gasteiger partial charge in [-0.2, -0.15) is 0 Å². The summed E-state index contributed by atoms with van der Waals surface area (Å²) in [5.74, 6) is 0.998. The van der Waals surface area contributed by atoms with Gasteiger partial charge < -0.3 is 23.8 Å². The summed E-state index contributed by atoms with van der Waals surface area (Å²) in [6.45, 7) is 7.40. The standard InChI is InChI=1S/C21H29N3O5/c1-17-19(6-13-28-17)21(26)24(16-18-4-2-12-29-18)9-5-20(25)22-7-3-8-23-10-14-27-15-11-23/h2,4,6,12-13H,3,5,7-11,14-16H2,1H3,(H,22,25). The zero-order chi connectivity index (χ0) is 20.5. The van der Waals surface area contributed by atoms with Crippen LogP contribution < -0.4 is 5.32 Å². The number of nitrogens with one attached hydrogen (secondary N) is 1. The molecule has 2 aromatic rings. The van der Waals surface area contributed by atoms with Crippen molar-refractivity contribution in [3.05, 3.63) is 47.8 Å². The first-order chi connectivity index (χ1) is 14.1. The van der Waals surface area contributed by atoms with E-state index < -0.39 is 0 Å². The van der Waals surface area contributed by atoms with E-state index in [9.17, 15) is 9.59 Å². The first-order valence-electron chi connectivity index (χ1n) is 10.1. The minimum Gasteiger partial charge on any atom is -0.469 e. The van der Waals surface area contributed by atoms with E-state index >= 15 is 0 Å². The molecule has 1 aliphatic rings. The van der Waals surface area contributed by atoms with Gasteiger partial charge in [0.25, 0.3) is 5.91 Å². The van der Waals surface area contributed by atoms with Crippen molar-refractivity contribution >= 4 is 11.8 Å². The van der Waals surface area contributed by atoms with Crippen molar-refractivity contribution in [3.63, 3.8) is 0 Å². The molecular weight excluding hydrogens is 374 g/mol. The van der Waals surface area contributed by atoms with Gasteiger partial charge in [-0.1, -0.05) is 0 Å². The van der Waals surface area contributed by atoms with Crippen molar-refractivity contribution in [2.24, 2.45) is 0 Å². The van der Waals surface area contributed by atoms with Crippen LogP contribution in [0, 0.1) is 6.92 Å². The van der Waals surface area contributed by atoms with Gasteiger partial charge >= 0.3 is 0 Å². The minimum absolute atomic E-state index is 0.0619. The van der Waals surface area contributed by atoms with Gasteiger partial charge in [0.1, 0.15) is 11.5 Å². The van der Waals surface area contributed by atoms with Crippen LogP contribution in [0.4, 0.5) is 0 Å². The molecule has 0 bridgehead atoms. The number of morpholine rings is 1. The second kappa shape index (κ2) is 10.8. The molecule has 8 heteroatoms. The highest BCUT2D eigenvalue weighted by Gasteiger charge is 2.21. The molecule has 2 amide bonds. The minimum atomic E-state index is -0.173. The molecule has 29 heavy (non-hydrogen) atoms. The topological polar surface area (TPSA) is 88.2 Å². The molecule has 1 N–H and O–H groups in total. The first kappa shape index (κ1) is 21.1. The second-order valence-corrected chi connectivity index (χ2v) is 7.10. The molecule has 0 unspecified atom stereocenters. The maximum atomic E-state index is 12.9. The monoisotopic (exact) mass is 403 g/mol. The predicted molar refractivity (Wildman–Crippen MR) is 106 cm³/mol. The van der Waals surface area contributed by atoms with Crippen LogP contribution in [0.2, 0.25) is 0 Å². The third-order valence-electron chi connectivity index (χ3n) is 4.99. The summed E-state index contributed by atoms with van der Waals surface area (Å²) in [6.07, 6.45) is 4.20. The van der Waals surface area contributed by atoms with Crippen LogP contribution in [-0.2, 0) is 16.1 Å². The van der Waals surface area contributed by atoms with Crippen LogP contribution in [0.1, 0.15) is 34.7 Å². The Morgan fingerprint density at radius 3 is 2.69 bits per heavy atom. The SMILES string of the molecule is Cc1occc1C(=O)N(CCC(=O)NCCCN1CCOCC1)Cc1ccco1. The molecule has 158 valence electrons. The molecule has 0 saturated carbocycles. The van der Waals surface area contributed by atoms with Gasteiger partial charge in [-0.25, -0.2) is 0 Å². The van der Waals surface area contributed by atoms with Gasteiger partial charge in [-0.3, -0.25) is 14.5 Å². The first-order valence-corrected chi connectivity index (χ1v) is 10.1. The second-order valence-electron chi connectivity index (χ2n) is 7.10. The summed E-state index contributed by atoms with van der Waals surface area (Å²) in [7, 11) is 0. The van der Waals surface area contributed by atoms with Gasteiger partial charge in [0.15, 0.2) is 0 Å². The fourth-order valence-electron chi connectivity index (χ4n) is 3.30. The fraction of sp³-hybridized carbons (Fsp3) is 0.524. The maximum absolute atomic E-state index is 12.9. The van der Waals surface area contributed by atoms with Crippen LogP contribution in [0.5, 0.6) is 0 Å². The molecule has 3 rings (SSSR count). The molecule has 0 spiro atoms. The summed E-state index contributed by atoms with van der Waals surface area (Å²) in [6, 6.07) is 5.25. The zero-order valence-electron chi connectivity index (χ0n) is 16.9. The average Bonchev–Trinajstić information content (AvgIpc) is 3.40. The summed E-state index contributed by atoms with van der Waals surface area (Å²) in [4.78, 5) is 29.1. The van der Waals surface area contributed by atoms with Crippen LogP contribution in [0.15, 0.2) is 39.6 Å². The van der Waals surface area contributed by atoms with Crippen molar-refractivity contribution in [2.75, 3.05) is 45.9 Å². The van der Waals surface area contributed by atoms with Crippen molar-refractivity contribution in [2.45, 2.75) is 26.3 Å². The molecule has 3 heterocycles. The van der Waals surface area contributed by atoms with Gasteiger partial charge in [0, 0.05) is 32.6 Å². The summed E-state index contributed by atoms with van der Waals surface area (Å²) < 4.78 is 16.0. The molecule has 0 radical (unpaired) electrons. The van der Waals surface area contributed by atoms with E-state index in [-0.39, 0.29) is 18.2 Å². The van der Waals surface area contributed by atoms with Gasteiger partial charge in [-0.05, 0) is 38.1 Å². The van der Waals surface area contributed by atoms with Crippen LogP contribution in [-0.4, -0.2) is 67.6 Å². The number of rotatable bonds is 10. The lowest BCUT2D eigenvalue weighted by atomic mass is 10.2. The van der Waals surface area contributed by atoms with Crippen LogP contribution in [0.25, 0.3) is 0 Å². The molecule has 8 nitrogen and oxygen atoms in total. The van der Waals surface area contributed by atoms with Crippen molar-refractivity contribution in [1.29, 1.82) is 0 Å². The van der Waals surface area contributed by atoms with Gasteiger partial charge in [0.2, 0.25) is 5.91 Å². The zero-order valence-corrected chi connectivity index (χ0v) is 16.9. The molecule has 0 aromatic carbocycles. The van der Waals surface area contributed by atoms with E-state index in [2.05, 4.69) is 10.2 Å². The number of amides is 2. The van der Waals surface area contributed by atoms with Crippen LogP contribution in [0.3, 0.4) is 0 Å². The molecule has 1 saturated heterocycles. The van der Waals surface area contributed by atoms with E-state index in [1.807, 2.05) is 6.07 Å². The summed E-state index contributed by atoms with van der Waals surface area (Å²) in [5, 5.41) is 2.94. The Bertz CT molecular complexity index is 765. The third-order valence-corrected chi connectivity index (χ3v) is 4.99. The van der Waals surface area contributed by atoms with E-state index in [4.69, 9.17) is 13.6 Å². The Morgan fingerprint density at radius 2 is 2.00 bits per heavy atom. The highest BCUT2D eigenvalue weighted by molar-refractivity contribution is 5.95. The number of carbonyl (C=O) groups excluding carboxylic acids is 2. The maximum Gasteiger partial charge on any atom is 0.257 e. The molecule has 1 fully saturated rings. The number of hydrogen-bond donors (Lipinski definition) is 1. The lowest BCUT2D eigenvalue weighted by Gasteiger charge is -2.26. The fourth-order valence-corrected chi connectivity index (χ4v) is 3.30. The van der Waals surface area contributed by atoms with Gasteiger partial charge in [-0.15, -0.1) is 0 Å². The van der Waals surface area contributed by atoms with Gasteiger partial charge in [0.05, 0.1) is 37.8 Å². The van der Waals surface area contributed by atoms with Crippen LogP contribution >= 0.6 is 0 Å². The molecule has 0 aliphatic carbocycles. The number of carbonyl (C=O) groups is 2. The molecule has 0 atom stereocenters. The average molecular weight is 403 g/mol. The Balaban J connectivity index is 1.45. The third kappa shape index (κ3) is 6.47. The van der Waals surface area contributed by atoms with E-state index in [0.717, 1.165) is 39.3 Å². The van der Waals surface area contributed by atoms with Crippen molar-refractivity contribution < 1.29 is 23.2 Å². The number of hydrogen-bond acceptors (Lipinski definition) is 6. The van der Waals surface area contributed by atoms with Crippen molar-refractivity contribution in [1.82, 2.24) is 15.1 Å². The number of ether oxygens (including phenoxy) is 1. The Labute approximate surface area is 170 Å². The van der Waals surface area contributed by atoms with Crippen molar-refractivity contribution in [3.8, 4) is 0 Å². The number of nitrogens with zero attached hydrogens (tertiary/aromatic N) is 2. The number of furan rings is 2. The molecule has 2 aromatic heterocycles. The largest absolute Gasteiger partial charge is 0.469 e. The summed E-state index contributed by atoms with van der Waals surface area (Å²) in [5.41, 5.74) is 0.502. The van der Waals surface area contributed by atoms with E-state index in [1.165, 1.54) is 6.26 Å². The summed E-state index contributed by atoms with van der Waals surface area (Å²) >= 11 is 0. The molecule has 1 aliphatic heterocycles. The number of aryl methyl sites for hydroxylation is 1. The Morgan fingerprint density at radius 1 is 1.17 bits per heavy atom. The quantitative estimate of drug-likeness (QED) is 0.611. The predicted octanol–water partition coefficient (Wildman–Crippen LogP) is 2.05. The van der Waals surface area contributed by atoms with E-state index in [1.54, 1.807) is 30.2 Å². The highest BCUT2D eigenvalue weighted by Crippen LogP contribution is 2.15. The lowest BCUT2D eigenvalue weighted by Crippen LogP contribution is -2.38. The van der Waals surface area contributed by atoms with E-state index in [0.29, 0.717) is 36.7 Å². The lowest BCUT2D eigenvalue weighted by molar-refractivity contribution is -0.121. The Hall–Kier alpha value is -2.58. The highest BCUT2D eigenvalue weighted by atomic mass is 16.5. The normalized spacial score (nSPS) is 14.7.